The van der Waals surface area contributed by atoms with Crippen molar-refractivity contribution in [3.05, 3.63) is 24.3 Å². The third-order valence-electron chi connectivity index (χ3n) is 3.41. The van der Waals surface area contributed by atoms with Crippen LogP contribution < -0.4 is 15.0 Å². The van der Waals surface area contributed by atoms with Crippen molar-refractivity contribution < 1.29 is 4.74 Å². The Kier molecular flexibility index (Phi) is 4.64. The van der Waals surface area contributed by atoms with Crippen LogP contribution in [0, 0.1) is 11.3 Å². The highest BCUT2D eigenvalue weighted by molar-refractivity contribution is 5.59. The molecular formula is C15H21N3O. The Balaban J connectivity index is 2.28. The lowest BCUT2D eigenvalue weighted by Gasteiger charge is -2.40. The summed E-state index contributed by atoms with van der Waals surface area (Å²) in [5, 5.41) is 12.4. The maximum Gasteiger partial charge on any atom is 0.142 e. The minimum absolute atomic E-state index is 0.211. The third kappa shape index (κ3) is 3.18. The van der Waals surface area contributed by atoms with Crippen LogP contribution in [0.3, 0.4) is 0 Å². The van der Waals surface area contributed by atoms with Crippen LogP contribution in [0.25, 0.3) is 0 Å². The summed E-state index contributed by atoms with van der Waals surface area (Å²) >= 11 is 0. The number of nitriles is 1. The normalized spacial score (nSPS) is 22.9. The molecular weight excluding hydrogens is 238 g/mol. The van der Waals surface area contributed by atoms with Gasteiger partial charge in [-0.2, -0.15) is 5.26 Å². The van der Waals surface area contributed by atoms with Gasteiger partial charge in [-0.05, 0) is 26.0 Å². The van der Waals surface area contributed by atoms with E-state index in [0.29, 0.717) is 19.1 Å². The molecule has 0 amide bonds. The van der Waals surface area contributed by atoms with E-state index in [1.54, 1.807) is 0 Å². The topological polar surface area (TPSA) is 48.3 Å². The largest absolute Gasteiger partial charge is 0.492 e. The van der Waals surface area contributed by atoms with Gasteiger partial charge in [-0.1, -0.05) is 12.1 Å². The molecule has 19 heavy (non-hydrogen) atoms. The van der Waals surface area contributed by atoms with E-state index in [9.17, 15) is 0 Å². The summed E-state index contributed by atoms with van der Waals surface area (Å²) in [4.78, 5) is 2.30. The Labute approximate surface area is 115 Å². The molecule has 1 N–H and O–H groups in total. The predicted molar refractivity (Wildman–Crippen MR) is 76.4 cm³/mol. The van der Waals surface area contributed by atoms with Gasteiger partial charge in [0, 0.05) is 19.1 Å². The molecule has 0 aliphatic carbocycles. The van der Waals surface area contributed by atoms with E-state index in [1.165, 1.54) is 0 Å². The molecule has 1 fully saturated rings. The van der Waals surface area contributed by atoms with Crippen molar-refractivity contribution in [1.29, 1.82) is 5.26 Å². The van der Waals surface area contributed by atoms with Crippen LogP contribution in [-0.4, -0.2) is 31.8 Å². The number of anilines is 1. The SMILES string of the molecule is CCOc1ccccc1N1CC(C)NCC1CC#N. The van der Waals surface area contributed by atoms with Crippen LogP contribution in [-0.2, 0) is 0 Å². The molecule has 0 radical (unpaired) electrons. The van der Waals surface area contributed by atoms with E-state index >= 15 is 0 Å². The van der Waals surface area contributed by atoms with Gasteiger partial charge in [-0.3, -0.25) is 0 Å². The van der Waals surface area contributed by atoms with Crippen molar-refractivity contribution in [2.75, 3.05) is 24.6 Å². The first-order valence-corrected chi connectivity index (χ1v) is 6.85. The van der Waals surface area contributed by atoms with E-state index in [-0.39, 0.29) is 6.04 Å². The maximum atomic E-state index is 8.99. The zero-order valence-electron chi connectivity index (χ0n) is 11.6. The lowest BCUT2D eigenvalue weighted by Crippen LogP contribution is -2.55. The minimum Gasteiger partial charge on any atom is -0.492 e. The van der Waals surface area contributed by atoms with E-state index in [4.69, 9.17) is 10.00 Å². The van der Waals surface area contributed by atoms with Crippen molar-refractivity contribution in [2.45, 2.75) is 32.4 Å². The van der Waals surface area contributed by atoms with Gasteiger partial charge in [-0.15, -0.1) is 0 Å². The summed E-state index contributed by atoms with van der Waals surface area (Å²) in [7, 11) is 0. The zero-order chi connectivity index (χ0) is 13.7. The molecule has 2 rings (SSSR count). The summed E-state index contributed by atoms with van der Waals surface area (Å²) in [6.45, 7) is 6.55. The first kappa shape index (κ1) is 13.7. The monoisotopic (exact) mass is 259 g/mol. The highest BCUT2D eigenvalue weighted by Gasteiger charge is 2.27. The van der Waals surface area contributed by atoms with E-state index in [0.717, 1.165) is 24.5 Å². The quantitative estimate of drug-likeness (QED) is 0.900. The molecule has 1 aromatic rings. The van der Waals surface area contributed by atoms with E-state index < -0.39 is 0 Å². The molecule has 2 atom stereocenters. The molecule has 2 unspecified atom stereocenters. The number of nitrogens with zero attached hydrogens (tertiary/aromatic N) is 2. The number of rotatable bonds is 4. The summed E-state index contributed by atoms with van der Waals surface area (Å²) in [5.41, 5.74) is 1.10. The molecule has 4 heteroatoms. The lowest BCUT2D eigenvalue weighted by molar-refractivity contribution is 0.335. The Bertz CT molecular complexity index is 455. The highest BCUT2D eigenvalue weighted by Crippen LogP contribution is 2.31. The Morgan fingerprint density at radius 3 is 3.00 bits per heavy atom. The molecule has 1 aromatic carbocycles. The molecule has 1 heterocycles. The third-order valence-corrected chi connectivity index (χ3v) is 3.41. The maximum absolute atomic E-state index is 8.99. The summed E-state index contributed by atoms with van der Waals surface area (Å²) < 4.78 is 5.71. The molecule has 1 aliphatic rings. The molecule has 0 spiro atoms. The van der Waals surface area contributed by atoms with Gasteiger partial charge in [0.15, 0.2) is 0 Å². The fourth-order valence-electron chi connectivity index (χ4n) is 2.51. The molecule has 1 saturated heterocycles. The average molecular weight is 259 g/mol. The van der Waals surface area contributed by atoms with E-state index in [2.05, 4.69) is 29.3 Å². The van der Waals surface area contributed by atoms with Gasteiger partial charge in [0.1, 0.15) is 5.75 Å². The number of ether oxygens (including phenoxy) is 1. The Hall–Kier alpha value is -1.73. The van der Waals surface area contributed by atoms with Crippen molar-refractivity contribution >= 4 is 5.69 Å². The van der Waals surface area contributed by atoms with Gasteiger partial charge in [-0.25, -0.2) is 0 Å². The molecule has 0 aromatic heterocycles. The minimum atomic E-state index is 0.211. The van der Waals surface area contributed by atoms with Gasteiger partial charge in [0.05, 0.1) is 30.8 Å². The second kappa shape index (κ2) is 6.44. The zero-order valence-corrected chi connectivity index (χ0v) is 11.6. The van der Waals surface area contributed by atoms with E-state index in [1.807, 2.05) is 25.1 Å². The smallest absolute Gasteiger partial charge is 0.142 e. The van der Waals surface area contributed by atoms with Gasteiger partial charge < -0.3 is 15.0 Å². The number of para-hydroxylation sites is 2. The van der Waals surface area contributed by atoms with Crippen LogP contribution in [0.2, 0.25) is 0 Å². The fourth-order valence-corrected chi connectivity index (χ4v) is 2.51. The number of hydrogen-bond donors (Lipinski definition) is 1. The standard InChI is InChI=1S/C15H21N3O/c1-3-19-15-7-5-4-6-14(15)18-11-12(2)17-10-13(18)8-9-16/h4-7,12-13,17H,3,8,10-11H2,1-2H3. The fraction of sp³-hybridized carbons (Fsp3) is 0.533. The lowest BCUT2D eigenvalue weighted by atomic mass is 10.1. The van der Waals surface area contributed by atoms with Gasteiger partial charge in [0.2, 0.25) is 0 Å². The van der Waals surface area contributed by atoms with Crippen molar-refractivity contribution in [3.8, 4) is 11.8 Å². The predicted octanol–water partition coefficient (Wildman–Crippen LogP) is 2.17. The highest BCUT2D eigenvalue weighted by atomic mass is 16.5. The van der Waals surface area contributed by atoms with Crippen molar-refractivity contribution in [3.63, 3.8) is 0 Å². The Morgan fingerprint density at radius 1 is 1.47 bits per heavy atom. The summed E-state index contributed by atoms with van der Waals surface area (Å²) in [5.74, 6) is 0.905. The van der Waals surface area contributed by atoms with Crippen LogP contribution in [0.1, 0.15) is 20.3 Å². The summed E-state index contributed by atoms with van der Waals surface area (Å²) in [6, 6.07) is 11.0. The second-order valence-corrected chi connectivity index (χ2v) is 4.88. The van der Waals surface area contributed by atoms with Crippen LogP contribution >= 0.6 is 0 Å². The molecule has 4 nitrogen and oxygen atoms in total. The first-order valence-electron chi connectivity index (χ1n) is 6.85. The number of piperazine rings is 1. The second-order valence-electron chi connectivity index (χ2n) is 4.88. The van der Waals surface area contributed by atoms with Gasteiger partial charge in [0.25, 0.3) is 0 Å². The van der Waals surface area contributed by atoms with Crippen LogP contribution in [0.15, 0.2) is 24.3 Å². The van der Waals surface area contributed by atoms with Crippen molar-refractivity contribution in [1.82, 2.24) is 5.32 Å². The molecule has 0 saturated carbocycles. The number of nitrogens with one attached hydrogen (secondary N) is 1. The average Bonchev–Trinajstić information content (AvgIpc) is 2.42. The first-order chi connectivity index (χ1) is 9.26. The Morgan fingerprint density at radius 2 is 2.26 bits per heavy atom. The number of hydrogen-bond acceptors (Lipinski definition) is 4. The van der Waals surface area contributed by atoms with Crippen molar-refractivity contribution in [2.24, 2.45) is 0 Å². The molecule has 0 bridgehead atoms. The van der Waals surface area contributed by atoms with Gasteiger partial charge >= 0.3 is 0 Å². The molecule has 102 valence electrons. The summed E-state index contributed by atoms with van der Waals surface area (Å²) in [6.07, 6.45) is 0.528. The number of benzene rings is 1. The molecule has 1 aliphatic heterocycles. The van der Waals surface area contributed by atoms with Crippen LogP contribution in [0.5, 0.6) is 5.75 Å². The van der Waals surface area contributed by atoms with Crippen LogP contribution in [0.4, 0.5) is 5.69 Å².